The van der Waals surface area contributed by atoms with Crippen molar-refractivity contribution in [1.82, 2.24) is 0 Å². The highest BCUT2D eigenvalue weighted by Crippen LogP contribution is 2.29. The van der Waals surface area contributed by atoms with Crippen LogP contribution >= 0.6 is 0 Å². The van der Waals surface area contributed by atoms with E-state index in [0.717, 1.165) is 16.4 Å². The van der Waals surface area contributed by atoms with E-state index in [1.807, 2.05) is 0 Å². The van der Waals surface area contributed by atoms with Gasteiger partial charge in [0, 0.05) is 12.6 Å². The van der Waals surface area contributed by atoms with Gasteiger partial charge in [-0.05, 0) is 31.2 Å². The fraction of sp³-hybridized carbons (Fsp3) is 0.143. The van der Waals surface area contributed by atoms with E-state index in [2.05, 4.69) is 0 Å². The molecule has 0 atom stereocenters. The van der Waals surface area contributed by atoms with Crippen LogP contribution in [0.4, 0.5) is 20.2 Å². The van der Waals surface area contributed by atoms with Crippen LogP contribution in [0.15, 0.2) is 47.4 Å². The van der Waals surface area contributed by atoms with Gasteiger partial charge < -0.3 is 5.73 Å². The first-order chi connectivity index (χ1) is 9.87. The maximum absolute atomic E-state index is 13.8. The van der Waals surface area contributed by atoms with Crippen molar-refractivity contribution in [1.29, 1.82) is 0 Å². The summed E-state index contributed by atoms with van der Waals surface area (Å²) in [6, 6.07) is 8.71. The van der Waals surface area contributed by atoms with E-state index in [1.165, 1.54) is 6.07 Å². The summed E-state index contributed by atoms with van der Waals surface area (Å²) in [7, 11) is -4.16. The van der Waals surface area contributed by atoms with Gasteiger partial charge in [-0.25, -0.2) is 17.2 Å². The van der Waals surface area contributed by atoms with Crippen molar-refractivity contribution >= 4 is 21.4 Å². The van der Waals surface area contributed by atoms with Gasteiger partial charge in [0.25, 0.3) is 10.0 Å². The van der Waals surface area contributed by atoms with Crippen molar-refractivity contribution in [2.24, 2.45) is 0 Å². The molecule has 0 aliphatic rings. The highest BCUT2D eigenvalue weighted by atomic mass is 32.2. The van der Waals surface area contributed by atoms with Crippen LogP contribution in [0.2, 0.25) is 0 Å². The molecule has 0 heterocycles. The third-order valence-corrected chi connectivity index (χ3v) is 4.88. The lowest BCUT2D eigenvalue weighted by Gasteiger charge is -2.24. The third-order valence-electron chi connectivity index (χ3n) is 2.95. The molecule has 0 unspecified atom stereocenters. The fourth-order valence-electron chi connectivity index (χ4n) is 1.99. The van der Waals surface area contributed by atoms with E-state index in [0.29, 0.717) is 6.07 Å². The molecule has 0 radical (unpaired) electrons. The Kier molecular flexibility index (Phi) is 4.13. The number of halogens is 2. The first-order valence-electron chi connectivity index (χ1n) is 6.20. The highest BCUT2D eigenvalue weighted by molar-refractivity contribution is 7.92. The standard InChI is InChI=1S/C14H14F2N2O2S/c1-2-18(13-6-4-3-5-12(13)17)21(19,20)14-8-7-10(15)9-11(14)16/h3-9H,2,17H2,1H3. The third kappa shape index (κ3) is 2.82. The molecule has 0 aliphatic carbocycles. The van der Waals surface area contributed by atoms with E-state index in [1.54, 1.807) is 25.1 Å². The fourth-order valence-corrected chi connectivity index (χ4v) is 3.54. The maximum atomic E-state index is 13.8. The Hall–Kier alpha value is -2.15. The van der Waals surface area contributed by atoms with E-state index < -0.39 is 26.6 Å². The minimum absolute atomic E-state index is 0.0629. The molecule has 0 fully saturated rings. The lowest BCUT2D eigenvalue weighted by atomic mass is 10.3. The van der Waals surface area contributed by atoms with Gasteiger partial charge in [-0.1, -0.05) is 12.1 Å². The summed E-state index contributed by atoms with van der Waals surface area (Å²) >= 11 is 0. The van der Waals surface area contributed by atoms with Crippen LogP contribution in [0.25, 0.3) is 0 Å². The molecule has 0 aliphatic heterocycles. The predicted octanol–water partition coefficient (Wildman–Crippen LogP) is 2.76. The Morgan fingerprint density at radius 3 is 2.38 bits per heavy atom. The van der Waals surface area contributed by atoms with Crippen LogP contribution in [0.1, 0.15) is 6.92 Å². The predicted molar refractivity (Wildman–Crippen MR) is 77.4 cm³/mol. The summed E-state index contributed by atoms with van der Waals surface area (Å²) in [5, 5.41) is 0. The molecule has 4 nitrogen and oxygen atoms in total. The monoisotopic (exact) mass is 312 g/mol. The van der Waals surface area contributed by atoms with Gasteiger partial charge in [-0.15, -0.1) is 0 Å². The van der Waals surface area contributed by atoms with Gasteiger partial charge in [-0.3, -0.25) is 4.31 Å². The Morgan fingerprint density at radius 1 is 1.14 bits per heavy atom. The van der Waals surface area contributed by atoms with Crippen LogP contribution in [-0.4, -0.2) is 15.0 Å². The number of para-hydroxylation sites is 2. The van der Waals surface area contributed by atoms with Crippen molar-refractivity contribution in [3.63, 3.8) is 0 Å². The molecule has 0 bridgehead atoms. The van der Waals surface area contributed by atoms with E-state index in [9.17, 15) is 17.2 Å². The molecule has 0 aromatic heterocycles. The Bertz CT molecular complexity index is 763. The molecule has 0 saturated heterocycles. The highest BCUT2D eigenvalue weighted by Gasteiger charge is 2.28. The van der Waals surface area contributed by atoms with Crippen molar-refractivity contribution < 1.29 is 17.2 Å². The average Bonchev–Trinajstić information content (AvgIpc) is 2.41. The lowest BCUT2D eigenvalue weighted by Crippen LogP contribution is -2.32. The second-order valence-electron chi connectivity index (χ2n) is 4.30. The number of hydrogen-bond acceptors (Lipinski definition) is 3. The van der Waals surface area contributed by atoms with Crippen LogP contribution in [0, 0.1) is 11.6 Å². The maximum Gasteiger partial charge on any atom is 0.267 e. The molecule has 0 amide bonds. The number of nitrogen functional groups attached to an aromatic ring is 1. The van der Waals surface area contributed by atoms with Crippen molar-refractivity contribution in [2.75, 3.05) is 16.6 Å². The zero-order valence-electron chi connectivity index (χ0n) is 11.3. The molecule has 112 valence electrons. The SMILES string of the molecule is CCN(c1ccccc1N)S(=O)(=O)c1ccc(F)cc1F. The molecule has 7 heteroatoms. The summed E-state index contributed by atoms with van der Waals surface area (Å²) in [5.74, 6) is -1.98. The Balaban J connectivity index is 2.58. The molecule has 0 spiro atoms. The zero-order valence-corrected chi connectivity index (χ0v) is 12.1. The minimum Gasteiger partial charge on any atom is -0.397 e. The second-order valence-corrected chi connectivity index (χ2v) is 6.13. The normalized spacial score (nSPS) is 11.4. The van der Waals surface area contributed by atoms with Gasteiger partial charge in [0.05, 0.1) is 11.4 Å². The first-order valence-corrected chi connectivity index (χ1v) is 7.64. The number of hydrogen-bond donors (Lipinski definition) is 1. The van der Waals surface area contributed by atoms with Crippen molar-refractivity contribution in [2.45, 2.75) is 11.8 Å². The molecule has 2 aromatic carbocycles. The van der Waals surface area contributed by atoms with Crippen LogP contribution in [0.3, 0.4) is 0 Å². The van der Waals surface area contributed by atoms with E-state index in [4.69, 9.17) is 5.73 Å². The summed E-state index contributed by atoms with van der Waals surface area (Å²) < 4.78 is 52.8. The molecule has 2 aromatic rings. The first kappa shape index (κ1) is 15.2. The smallest absolute Gasteiger partial charge is 0.267 e. The van der Waals surface area contributed by atoms with Crippen molar-refractivity contribution in [3.05, 3.63) is 54.1 Å². The summed E-state index contributed by atoms with van der Waals surface area (Å²) in [6.45, 7) is 1.67. The molecular formula is C14H14F2N2O2S. The molecular weight excluding hydrogens is 298 g/mol. The Morgan fingerprint density at radius 2 is 1.81 bits per heavy atom. The summed E-state index contributed by atoms with van der Waals surface area (Å²) in [6.07, 6.45) is 0. The molecule has 0 saturated carbocycles. The number of nitrogens with two attached hydrogens (primary N) is 1. The second kappa shape index (κ2) is 5.69. The van der Waals surface area contributed by atoms with Gasteiger partial charge >= 0.3 is 0 Å². The van der Waals surface area contributed by atoms with Crippen LogP contribution in [-0.2, 0) is 10.0 Å². The number of anilines is 2. The summed E-state index contributed by atoms with van der Waals surface area (Å²) in [4.78, 5) is -0.589. The quantitative estimate of drug-likeness (QED) is 0.883. The molecule has 21 heavy (non-hydrogen) atoms. The van der Waals surface area contributed by atoms with Crippen LogP contribution < -0.4 is 10.0 Å². The topological polar surface area (TPSA) is 63.4 Å². The summed E-state index contributed by atoms with van der Waals surface area (Å²) in [5.41, 5.74) is 6.28. The van der Waals surface area contributed by atoms with Gasteiger partial charge in [0.1, 0.15) is 16.5 Å². The number of nitrogens with zero attached hydrogens (tertiary/aromatic N) is 1. The van der Waals surface area contributed by atoms with E-state index >= 15 is 0 Å². The number of sulfonamides is 1. The minimum atomic E-state index is -4.16. The Labute approximate surface area is 121 Å². The molecule has 2 N–H and O–H groups in total. The van der Waals surface area contributed by atoms with Gasteiger partial charge in [0.15, 0.2) is 0 Å². The number of benzene rings is 2. The van der Waals surface area contributed by atoms with E-state index in [-0.39, 0.29) is 17.9 Å². The van der Waals surface area contributed by atoms with Crippen molar-refractivity contribution in [3.8, 4) is 0 Å². The molecule has 2 rings (SSSR count). The average molecular weight is 312 g/mol. The lowest BCUT2D eigenvalue weighted by molar-refractivity contribution is 0.547. The van der Waals surface area contributed by atoms with Gasteiger partial charge in [0.2, 0.25) is 0 Å². The zero-order chi connectivity index (χ0) is 15.6. The van der Waals surface area contributed by atoms with Crippen LogP contribution in [0.5, 0.6) is 0 Å². The number of rotatable bonds is 4. The van der Waals surface area contributed by atoms with Gasteiger partial charge in [-0.2, -0.15) is 0 Å². The largest absolute Gasteiger partial charge is 0.397 e.